The highest BCUT2D eigenvalue weighted by atomic mass is 32.2. The number of rotatable bonds is 3. The lowest BCUT2D eigenvalue weighted by atomic mass is 10.2. The second-order valence-electron chi connectivity index (χ2n) is 3.44. The van der Waals surface area contributed by atoms with Gasteiger partial charge in [-0.3, -0.25) is 5.41 Å². The van der Waals surface area contributed by atoms with Crippen LogP contribution in [0.25, 0.3) is 0 Å². The van der Waals surface area contributed by atoms with E-state index in [9.17, 15) is 0 Å². The van der Waals surface area contributed by atoms with E-state index in [0.717, 1.165) is 10.6 Å². The maximum Gasteiger partial charge on any atom is 0.193 e. The minimum Gasteiger partial charge on any atom is -0.384 e. The van der Waals surface area contributed by atoms with Gasteiger partial charge in [0, 0.05) is 24.2 Å². The van der Waals surface area contributed by atoms with Gasteiger partial charge in [-0.05, 0) is 36.4 Å². The molecule has 2 aromatic heterocycles. The Labute approximate surface area is 103 Å². The van der Waals surface area contributed by atoms with Crippen LogP contribution < -0.4 is 5.73 Å². The number of pyridine rings is 1. The van der Waals surface area contributed by atoms with Crippen LogP contribution in [0.1, 0.15) is 11.1 Å². The summed E-state index contributed by atoms with van der Waals surface area (Å²) in [6, 6.07) is 3.44. The number of nitrogens with two attached hydrogens (primary N) is 1. The van der Waals surface area contributed by atoms with E-state index in [-0.39, 0.29) is 5.84 Å². The van der Waals surface area contributed by atoms with Gasteiger partial charge in [0.2, 0.25) is 0 Å². The molecule has 6 heteroatoms. The summed E-state index contributed by atoms with van der Waals surface area (Å²) in [4.78, 5) is 12.5. The molecule has 5 nitrogen and oxygen atoms in total. The number of aromatic nitrogens is 3. The van der Waals surface area contributed by atoms with E-state index in [0.29, 0.717) is 10.7 Å². The average Bonchev–Trinajstić information content (AvgIpc) is 2.32. The van der Waals surface area contributed by atoms with Crippen molar-refractivity contribution < 1.29 is 0 Å². The fraction of sp³-hybridized carbons (Fsp3) is 0.0909. The highest BCUT2D eigenvalue weighted by molar-refractivity contribution is 7.99. The van der Waals surface area contributed by atoms with Crippen LogP contribution in [0.5, 0.6) is 0 Å². The third-order valence-electron chi connectivity index (χ3n) is 2.00. The predicted octanol–water partition coefficient (Wildman–Crippen LogP) is 1.62. The van der Waals surface area contributed by atoms with Crippen molar-refractivity contribution in [1.29, 1.82) is 5.41 Å². The van der Waals surface area contributed by atoms with Crippen molar-refractivity contribution in [3.05, 3.63) is 41.9 Å². The van der Waals surface area contributed by atoms with Crippen LogP contribution in [0, 0.1) is 12.3 Å². The topological polar surface area (TPSA) is 88.5 Å². The molecule has 0 bridgehead atoms. The lowest BCUT2D eigenvalue weighted by molar-refractivity contribution is 0.944. The Bertz CT molecular complexity index is 538. The summed E-state index contributed by atoms with van der Waals surface area (Å²) in [7, 11) is 0. The van der Waals surface area contributed by atoms with Crippen molar-refractivity contribution >= 4 is 17.6 Å². The maximum atomic E-state index is 7.35. The first-order valence-corrected chi connectivity index (χ1v) is 5.74. The van der Waals surface area contributed by atoms with E-state index in [1.54, 1.807) is 30.7 Å². The second kappa shape index (κ2) is 4.92. The van der Waals surface area contributed by atoms with Crippen LogP contribution >= 0.6 is 11.8 Å². The Morgan fingerprint density at radius 3 is 2.65 bits per heavy atom. The zero-order valence-corrected chi connectivity index (χ0v) is 10.0. The molecule has 0 aliphatic rings. The van der Waals surface area contributed by atoms with Crippen molar-refractivity contribution in [3.63, 3.8) is 0 Å². The zero-order chi connectivity index (χ0) is 12.3. The van der Waals surface area contributed by atoms with Gasteiger partial charge < -0.3 is 5.73 Å². The molecule has 0 aliphatic heterocycles. The summed E-state index contributed by atoms with van der Waals surface area (Å²) in [5, 5.41) is 8.70. The second-order valence-corrected chi connectivity index (χ2v) is 4.43. The van der Waals surface area contributed by atoms with Crippen LogP contribution in [0.3, 0.4) is 0 Å². The molecule has 0 fully saturated rings. The highest BCUT2D eigenvalue weighted by Crippen LogP contribution is 2.22. The van der Waals surface area contributed by atoms with Crippen LogP contribution in [-0.4, -0.2) is 20.8 Å². The van der Waals surface area contributed by atoms with E-state index in [1.807, 2.05) is 6.92 Å². The normalized spacial score (nSPS) is 10.2. The summed E-state index contributed by atoms with van der Waals surface area (Å²) < 4.78 is 0. The number of nitrogens with one attached hydrogen (secondary N) is 1. The predicted molar refractivity (Wildman–Crippen MR) is 66.1 cm³/mol. The van der Waals surface area contributed by atoms with Crippen molar-refractivity contribution in [2.24, 2.45) is 5.73 Å². The SMILES string of the molecule is Cc1cnc(Sc2cc(C(=N)N)ccn2)nc1. The molecular weight excluding hydrogens is 234 g/mol. The summed E-state index contributed by atoms with van der Waals surface area (Å²) in [5.74, 6) is 0.0269. The summed E-state index contributed by atoms with van der Waals surface area (Å²) >= 11 is 1.34. The molecule has 0 unspecified atom stereocenters. The van der Waals surface area contributed by atoms with E-state index in [4.69, 9.17) is 11.1 Å². The molecule has 17 heavy (non-hydrogen) atoms. The molecule has 0 spiro atoms. The third-order valence-corrected chi connectivity index (χ3v) is 2.82. The molecule has 3 N–H and O–H groups in total. The van der Waals surface area contributed by atoms with Crippen molar-refractivity contribution in [2.75, 3.05) is 0 Å². The Kier molecular flexibility index (Phi) is 3.34. The van der Waals surface area contributed by atoms with Gasteiger partial charge in [0.25, 0.3) is 0 Å². The number of nitrogen functional groups attached to an aromatic ring is 1. The fourth-order valence-electron chi connectivity index (χ4n) is 1.16. The Morgan fingerprint density at radius 2 is 2.00 bits per heavy atom. The summed E-state index contributed by atoms with van der Waals surface area (Å²) in [5.41, 5.74) is 7.07. The van der Waals surface area contributed by atoms with Crippen LogP contribution in [0.4, 0.5) is 0 Å². The maximum absolute atomic E-state index is 7.35. The number of aryl methyl sites for hydroxylation is 1. The van der Waals surface area contributed by atoms with Gasteiger partial charge in [0.15, 0.2) is 5.16 Å². The van der Waals surface area contributed by atoms with Crippen LogP contribution in [0.2, 0.25) is 0 Å². The smallest absolute Gasteiger partial charge is 0.193 e. The van der Waals surface area contributed by atoms with Gasteiger partial charge in [0.05, 0.1) is 0 Å². The molecule has 0 saturated heterocycles. The van der Waals surface area contributed by atoms with Gasteiger partial charge in [-0.1, -0.05) is 0 Å². The molecule has 2 heterocycles. The standard InChI is InChI=1S/C11H11N5S/c1-7-5-15-11(16-6-7)17-9-4-8(10(12)13)2-3-14-9/h2-6H,1H3,(H3,12,13). The van der Waals surface area contributed by atoms with Gasteiger partial charge in [-0.25, -0.2) is 15.0 Å². The lowest BCUT2D eigenvalue weighted by Gasteiger charge is -2.02. The number of hydrogen-bond acceptors (Lipinski definition) is 5. The van der Waals surface area contributed by atoms with Crippen molar-refractivity contribution in [3.8, 4) is 0 Å². The first-order chi connectivity index (χ1) is 8.15. The Hall–Kier alpha value is -1.95. The first kappa shape index (κ1) is 11.5. The molecular formula is C11H11N5S. The number of amidine groups is 1. The Balaban J connectivity index is 2.21. The van der Waals surface area contributed by atoms with Gasteiger partial charge >= 0.3 is 0 Å². The van der Waals surface area contributed by atoms with Gasteiger partial charge in [0.1, 0.15) is 10.9 Å². The van der Waals surface area contributed by atoms with Crippen LogP contribution in [0.15, 0.2) is 40.9 Å². The molecule has 2 rings (SSSR count). The van der Waals surface area contributed by atoms with E-state index < -0.39 is 0 Å². The third kappa shape index (κ3) is 3.01. The molecule has 0 radical (unpaired) electrons. The van der Waals surface area contributed by atoms with E-state index >= 15 is 0 Å². The number of nitrogens with zero attached hydrogens (tertiary/aromatic N) is 3. The van der Waals surface area contributed by atoms with E-state index in [1.165, 1.54) is 11.8 Å². The quantitative estimate of drug-likeness (QED) is 0.487. The van der Waals surface area contributed by atoms with Crippen molar-refractivity contribution in [2.45, 2.75) is 17.1 Å². The monoisotopic (exact) mass is 245 g/mol. The molecule has 86 valence electrons. The average molecular weight is 245 g/mol. The fourth-order valence-corrected chi connectivity index (χ4v) is 1.86. The lowest BCUT2D eigenvalue weighted by Crippen LogP contribution is -2.11. The molecule has 0 aliphatic carbocycles. The number of hydrogen-bond donors (Lipinski definition) is 2. The minimum atomic E-state index is 0.0269. The Morgan fingerprint density at radius 1 is 1.29 bits per heavy atom. The molecule has 0 saturated carbocycles. The largest absolute Gasteiger partial charge is 0.384 e. The van der Waals surface area contributed by atoms with Gasteiger partial charge in [-0.15, -0.1) is 0 Å². The van der Waals surface area contributed by atoms with E-state index in [2.05, 4.69) is 15.0 Å². The minimum absolute atomic E-state index is 0.0269. The van der Waals surface area contributed by atoms with Crippen molar-refractivity contribution in [1.82, 2.24) is 15.0 Å². The molecule has 0 aromatic carbocycles. The van der Waals surface area contributed by atoms with Gasteiger partial charge in [-0.2, -0.15) is 0 Å². The summed E-state index contributed by atoms with van der Waals surface area (Å²) in [6.45, 7) is 1.93. The molecule has 0 atom stereocenters. The molecule has 0 amide bonds. The highest BCUT2D eigenvalue weighted by Gasteiger charge is 2.04. The summed E-state index contributed by atoms with van der Waals surface area (Å²) in [6.07, 6.45) is 5.13. The first-order valence-electron chi connectivity index (χ1n) is 4.92. The zero-order valence-electron chi connectivity index (χ0n) is 9.21. The molecule has 2 aromatic rings. The van der Waals surface area contributed by atoms with Crippen LogP contribution in [-0.2, 0) is 0 Å².